The van der Waals surface area contributed by atoms with Crippen LogP contribution in [0.1, 0.15) is 37.2 Å². The average Bonchev–Trinajstić information content (AvgIpc) is 2.20. The zero-order chi connectivity index (χ0) is 9.97. The minimum Gasteiger partial charge on any atom is -0.176 e. The van der Waals surface area contributed by atoms with Crippen LogP contribution >= 0.6 is 24.2 Å². The first-order valence-electron chi connectivity index (χ1n) is 5.20. The Morgan fingerprint density at radius 1 is 1.07 bits per heavy atom. The molecule has 0 atom stereocenters. The number of rotatable bonds is 1. The molecule has 14 heavy (non-hydrogen) atoms. The van der Waals surface area contributed by atoms with Gasteiger partial charge < -0.3 is 0 Å². The van der Waals surface area contributed by atoms with Gasteiger partial charge in [0, 0.05) is 10.3 Å². The molecule has 76 valence electrons. The lowest BCUT2D eigenvalue weighted by molar-refractivity contribution is 0.455. The van der Waals surface area contributed by atoms with Crippen molar-refractivity contribution in [3.8, 4) is 0 Å². The van der Waals surface area contributed by atoms with Crippen LogP contribution in [0.3, 0.4) is 0 Å². The molecule has 0 amide bonds. The van der Waals surface area contributed by atoms with Crippen molar-refractivity contribution >= 4 is 24.2 Å². The normalized spacial score (nSPS) is 27.6. The number of halogens is 1. The predicted octanol–water partition coefficient (Wildman–Crippen LogP) is 4.30. The lowest BCUT2D eigenvalue weighted by Gasteiger charge is -2.26. The van der Waals surface area contributed by atoms with Gasteiger partial charge in [0.25, 0.3) is 0 Å². The number of hydrogen-bond acceptors (Lipinski definition) is 1. The van der Waals surface area contributed by atoms with Crippen molar-refractivity contribution in [1.29, 1.82) is 0 Å². The van der Waals surface area contributed by atoms with Gasteiger partial charge >= 0.3 is 0 Å². The Hall–Kier alpha value is -0.140. The third-order valence-electron chi connectivity index (χ3n) is 3.04. The minimum atomic E-state index is 0.605. The standard InChI is InChI=1S/C12H15ClS/c13-12-4-2-1-3-11(12)9-5-7-10(14)8-6-9/h1-4,9-10,14H,5-8H2. The molecule has 1 aliphatic carbocycles. The number of hydrogen-bond donors (Lipinski definition) is 1. The third-order valence-corrected chi connectivity index (χ3v) is 3.90. The fraction of sp³-hybridized carbons (Fsp3) is 0.500. The van der Waals surface area contributed by atoms with E-state index in [1.807, 2.05) is 12.1 Å². The van der Waals surface area contributed by atoms with Gasteiger partial charge in [0.1, 0.15) is 0 Å². The summed E-state index contributed by atoms with van der Waals surface area (Å²) in [4.78, 5) is 0. The van der Waals surface area contributed by atoms with E-state index in [0.29, 0.717) is 11.2 Å². The molecule has 0 spiro atoms. The Balaban J connectivity index is 2.12. The van der Waals surface area contributed by atoms with Crippen LogP contribution in [0.15, 0.2) is 24.3 Å². The molecule has 2 rings (SSSR count). The van der Waals surface area contributed by atoms with Gasteiger partial charge in [0.05, 0.1) is 0 Å². The van der Waals surface area contributed by atoms with E-state index >= 15 is 0 Å². The minimum absolute atomic E-state index is 0.605. The fourth-order valence-electron chi connectivity index (χ4n) is 2.19. The van der Waals surface area contributed by atoms with E-state index in [1.165, 1.54) is 31.2 Å². The molecule has 0 bridgehead atoms. The molecule has 1 aromatic rings. The molecule has 1 aliphatic rings. The first kappa shape index (κ1) is 10.4. The topological polar surface area (TPSA) is 0 Å². The summed E-state index contributed by atoms with van der Waals surface area (Å²) in [6.07, 6.45) is 4.91. The zero-order valence-electron chi connectivity index (χ0n) is 8.12. The van der Waals surface area contributed by atoms with Crippen molar-refractivity contribution in [2.75, 3.05) is 0 Å². The molecular formula is C12H15ClS. The summed E-state index contributed by atoms with van der Waals surface area (Å²) in [6.45, 7) is 0. The molecule has 0 unspecified atom stereocenters. The SMILES string of the molecule is SC1CCC(c2ccccc2Cl)CC1. The maximum Gasteiger partial charge on any atom is 0.0440 e. The van der Waals surface area contributed by atoms with E-state index in [4.69, 9.17) is 11.6 Å². The summed E-state index contributed by atoms with van der Waals surface area (Å²) in [5, 5.41) is 1.53. The Kier molecular flexibility index (Phi) is 3.40. The van der Waals surface area contributed by atoms with Crippen LogP contribution in [0.5, 0.6) is 0 Å². The fourth-order valence-corrected chi connectivity index (χ4v) is 2.78. The average molecular weight is 227 g/mol. The smallest absolute Gasteiger partial charge is 0.0440 e. The van der Waals surface area contributed by atoms with Crippen molar-refractivity contribution in [2.24, 2.45) is 0 Å². The molecule has 0 radical (unpaired) electrons. The Bertz CT molecular complexity index is 303. The molecule has 0 saturated heterocycles. The van der Waals surface area contributed by atoms with Crippen molar-refractivity contribution in [2.45, 2.75) is 36.9 Å². The summed E-state index contributed by atoms with van der Waals surface area (Å²) in [7, 11) is 0. The van der Waals surface area contributed by atoms with E-state index in [-0.39, 0.29) is 0 Å². The first-order valence-corrected chi connectivity index (χ1v) is 6.09. The Labute approximate surface area is 96.1 Å². The highest BCUT2D eigenvalue weighted by Gasteiger charge is 2.21. The highest BCUT2D eigenvalue weighted by atomic mass is 35.5. The van der Waals surface area contributed by atoms with Gasteiger partial charge in [-0.25, -0.2) is 0 Å². The van der Waals surface area contributed by atoms with Crippen LogP contribution in [0.25, 0.3) is 0 Å². The maximum absolute atomic E-state index is 6.17. The molecule has 1 aromatic carbocycles. The maximum atomic E-state index is 6.17. The Morgan fingerprint density at radius 3 is 2.36 bits per heavy atom. The highest BCUT2D eigenvalue weighted by Crippen LogP contribution is 2.37. The van der Waals surface area contributed by atoms with Crippen LogP contribution in [-0.4, -0.2) is 5.25 Å². The summed E-state index contributed by atoms with van der Waals surface area (Å²) < 4.78 is 0. The lowest BCUT2D eigenvalue weighted by atomic mass is 9.84. The van der Waals surface area contributed by atoms with Gasteiger partial charge in [-0.05, 0) is 43.2 Å². The van der Waals surface area contributed by atoms with Crippen LogP contribution in [0.2, 0.25) is 5.02 Å². The summed E-state index contributed by atoms with van der Waals surface area (Å²) in [5.74, 6) is 0.659. The van der Waals surface area contributed by atoms with E-state index in [0.717, 1.165) is 5.02 Å². The van der Waals surface area contributed by atoms with Crippen molar-refractivity contribution < 1.29 is 0 Å². The van der Waals surface area contributed by atoms with E-state index in [9.17, 15) is 0 Å². The second-order valence-electron chi connectivity index (χ2n) is 4.03. The molecule has 0 heterocycles. The van der Waals surface area contributed by atoms with E-state index < -0.39 is 0 Å². The van der Waals surface area contributed by atoms with Gasteiger partial charge in [-0.3, -0.25) is 0 Å². The summed E-state index contributed by atoms with van der Waals surface area (Å²) in [6, 6.07) is 8.22. The second kappa shape index (κ2) is 4.59. The van der Waals surface area contributed by atoms with Crippen molar-refractivity contribution in [3.05, 3.63) is 34.9 Å². The van der Waals surface area contributed by atoms with Crippen LogP contribution in [0, 0.1) is 0 Å². The zero-order valence-corrected chi connectivity index (χ0v) is 9.77. The molecule has 1 saturated carbocycles. The van der Waals surface area contributed by atoms with E-state index in [2.05, 4.69) is 24.8 Å². The molecular weight excluding hydrogens is 212 g/mol. The monoisotopic (exact) mass is 226 g/mol. The van der Waals surface area contributed by atoms with E-state index in [1.54, 1.807) is 0 Å². The van der Waals surface area contributed by atoms with Crippen LogP contribution in [-0.2, 0) is 0 Å². The van der Waals surface area contributed by atoms with Gasteiger partial charge in [-0.2, -0.15) is 12.6 Å². The molecule has 2 heteroatoms. The molecule has 0 aliphatic heterocycles. The predicted molar refractivity (Wildman–Crippen MR) is 65.4 cm³/mol. The van der Waals surface area contributed by atoms with Gasteiger partial charge in [0.15, 0.2) is 0 Å². The largest absolute Gasteiger partial charge is 0.176 e. The quantitative estimate of drug-likeness (QED) is 0.679. The summed E-state index contributed by atoms with van der Waals surface area (Å²) in [5.41, 5.74) is 1.33. The van der Waals surface area contributed by atoms with Gasteiger partial charge in [-0.1, -0.05) is 29.8 Å². The van der Waals surface area contributed by atoms with Crippen molar-refractivity contribution in [3.63, 3.8) is 0 Å². The second-order valence-corrected chi connectivity index (χ2v) is 5.16. The molecule has 0 N–H and O–H groups in total. The third kappa shape index (κ3) is 2.26. The highest BCUT2D eigenvalue weighted by molar-refractivity contribution is 7.80. The van der Waals surface area contributed by atoms with Gasteiger partial charge in [-0.15, -0.1) is 0 Å². The summed E-state index contributed by atoms with van der Waals surface area (Å²) >= 11 is 10.7. The molecule has 0 nitrogen and oxygen atoms in total. The lowest BCUT2D eigenvalue weighted by Crippen LogP contribution is -2.13. The number of benzene rings is 1. The van der Waals surface area contributed by atoms with Crippen LogP contribution in [0.4, 0.5) is 0 Å². The van der Waals surface area contributed by atoms with Crippen LogP contribution < -0.4 is 0 Å². The molecule has 0 aromatic heterocycles. The first-order chi connectivity index (χ1) is 6.77. The van der Waals surface area contributed by atoms with Gasteiger partial charge in [0.2, 0.25) is 0 Å². The number of thiol groups is 1. The van der Waals surface area contributed by atoms with Crippen molar-refractivity contribution in [1.82, 2.24) is 0 Å². The molecule has 1 fully saturated rings. The Morgan fingerprint density at radius 2 is 1.71 bits per heavy atom.